The van der Waals surface area contributed by atoms with Crippen LogP contribution < -0.4 is 5.32 Å². The Morgan fingerprint density at radius 2 is 1.97 bits per heavy atom. The molecule has 4 N–H and O–H groups in total. The first-order valence-corrected chi connectivity index (χ1v) is 10.4. The summed E-state index contributed by atoms with van der Waals surface area (Å²) in [6.45, 7) is 6.63. The minimum atomic E-state index is -1.98. The van der Waals surface area contributed by atoms with Crippen LogP contribution in [0.4, 0.5) is 0 Å². The third kappa shape index (κ3) is 7.17. The van der Waals surface area contributed by atoms with Crippen molar-refractivity contribution in [1.29, 1.82) is 0 Å². The summed E-state index contributed by atoms with van der Waals surface area (Å²) in [4.78, 5) is 11.5. The Balaban J connectivity index is 1.70. The van der Waals surface area contributed by atoms with Crippen LogP contribution in [0.5, 0.6) is 0 Å². The Morgan fingerprint density at radius 3 is 2.55 bits per heavy atom. The van der Waals surface area contributed by atoms with Gasteiger partial charge in [0, 0.05) is 13.1 Å². The highest BCUT2D eigenvalue weighted by molar-refractivity contribution is 5.73. The van der Waals surface area contributed by atoms with E-state index in [9.17, 15) is 20.1 Å². The van der Waals surface area contributed by atoms with E-state index in [4.69, 9.17) is 18.9 Å². The molecule has 1 fully saturated rings. The second-order valence-corrected chi connectivity index (χ2v) is 7.41. The van der Waals surface area contributed by atoms with Gasteiger partial charge in [-0.05, 0) is 13.3 Å². The smallest absolute Gasteiger partial charge is 0.219 e. The van der Waals surface area contributed by atoms with Crippen molar-refractivity contribution in [2.45, 2.75) is 58.0 Å². The van der Waals surface area contributed by atoms with Gasteiger partial charge in [-0.3, -0.25) is 4.79 Å². The summed E-state index contributed by atoms with van der Waals surface area (Å²) in [7, 11) is 0. The molecule has 0 radical (unpaired) electrons. The molecule has 178 valence electrons. The Labute approximate surface area is 181 Å². The summed E-state index contributed by atoms with van der Waals surface area (Å²) in [5, 5.41) is 41.0. The van der Waals surface area contributed by atoms with Gasteiger partial charge in [-0.25, -0.2) is 4.68 Å². The molecule has 1 aliphatic rings. The monoisotopic (exact) mass is 446 g/mol. The summed E-state index contributed by atoms with van der Waals surface area (Å²) in [6.07, 6.45) is -1.35. The van der Waals surface area contributed by atoms with E-state index in [0.29, 0.717) is 32.8 Å². The van der Waals surface area contributed by atoms with Crippen LogP contribution in [0.1, 0.15) is 26.0 Å². The molecule has 2 rings (SSSR count). The zero-order chi connectivity index (χ0) is 22.9. The van der Waals surface area contributed by atoms with Crippen molar-refractivity contribution in [1.82, 2.24) is 20.3 Å². The van der Waals surface area contributed by atoms with Crippen LogP contribution in [0.25, 0.3) is 0 Å². The molecular weight excluding hydrogens is 412 g/mol. The Kier molecular flexibility index (Phi) is 10.2. The maximum atomic E-state index is 11.5. The molecule has 0 aromatic carbocycles. The van der Waals surface area contributed by atoms with Crippen molar-refractivity contribution < 1.29 is 39.1 Å². The van der Waals surface area contributed by atoms with Crippen molar-refractivity contribution in [2.75, 3.05) is 39.6 Å². The number of aliphatic hydroxyl groups excluding tert-OH is 2. The van der Waals surface area contributed by atoms with E-state index >= 15 is 0 Å². The number of rotatable bonds is 13. The summed E-state index contributed by atoms with van der Waals surface area (Å²) in [5.41, 5.74) is -1.13. The highest BCUT2D eigenvalue weighted by atomic mass is 16.7. The second-order valence-electron chi connectivity index (χ2n) is 7.41. The lowest BCUT2D eigenvalue weighted by molar-refractivity contribution is -0.324. The maximum Gasteiger partial charge on any atom is 0.219 e. The van der Waals surface area contributed by atoms with Gasteiger partial charge in [0.2, 0.25) is 5.91 Å². The number of amides is 1. The number of aromatic nitrogens is 3. The summed E-state index contributed by atoms with van der Waals surface area (Å²) < 4.78 is 23.9. The minimum absolute atomic E-state index is 0.157. The van der Waals surface area contributed by atoms with E-state index in [0.717, 1.165) is 5.69 Å². The van der Waals surface area contributed by atoms with Crippen LogP contribution >= 0.6 is 0 Å². The minimum Gasteiger partial charge on any atom is -0.394 e. The van der Waals surface area contributed by atoms with Gasteiger partial charge in [0.25, 0.3) is 0 Å². The van der Waals surface area contributed by atoms with Gasteiger partial charge < -0.3 is 39.6 Å². The molecule has 1 aromatic rings. The SMILES string of the molecule is CCC1C(OCCOCCOCCn2cc(C)nn2)OC(CO)C(O)C1(O)NC(C)=O. The largest absolute Gasteiger partial charge is 0.394 e. The standard InChI is InChI=1S/C19H34N4O8/c1-4-15-18(31-16(12-24)17(26)19(15,27)20-14(3)25)30-10-9-29-8-7-28-6-5-23-11-13(2)21-22-23/h11,15-18,24,26-27H,4-10,12H2,1-3H3,(H,20,25). The molecule has 0 bridgehead atoms. The Bertz CT molecular complexity index is 675. The van der Waals surface area contributed by atoms with Crippen molar-refractivity contribution in [3.8, 4) is 0 Å². The molecule has 5 atom stereocenters. The van der Waals surface area contributed by atoms with Crippen molar-refractivity contribution in [3.05, 3.63) is 11.9 Å². The summed E-state index contributed by atoms with van der Waals surface area (Å²) in [5.74, 6) is -1.25. The molecule has 1 saturated heterocycles. The number of nitrogens with one attached hydrogen (secondary N) is 1. The average molecular weight is 447 g/mol. The Morgan fingerprint density at radius 1 is 1.29 bits per heavy atom. The van der Waals surface area contributed by atoms with Gasteiger partial charge in [-0.15, -0.1) is 5.10 Å². The van der Waals surface area contributed by atoms with E-state index in [1.54, 1.807) is 11.6 Å². The van der Waals surface area contributed by atoms with Gasteiger partial charge in [0.1, 0.15) is 12.2 Å². The fourth-order valence-corrected chi connectivity index (χ4v) is 3.51. The molecule has 12 heteroatoms. The number of nitrogens with zero attached hydrogens (tertiary/aromatic N) is 3. The van der Waals surface area contributed by atoms with Crippen LogP contribution in [0.15, 0.2) is 6.20 Å². The molecule has 31 heavy (non-hydrogen) atoms. The molecule has 12 nitrogen and oxygen atoms in total. The van der Waals surface area contributed by atoms with Gasteiger partial charge in [0.05, 0.1) is 57.8 Å². The summed E-state index contributed by atoms with van der Waals surface area (Å²) >= 11 is 0. The van der Waals surface area contributed by atoms with Crippen molar-refractivity contribution in [3.63, 3.8) is 0 Å². The quantitative estimate of drug-likeness (QED) is 0.209. The van der Waals surface area contributed by atoms with Gasteiger partial charge >= 0.3 is 0 Å². The highest BCUT2D eigenvalue weighted by Gasteiger charge is 2.55. The first-order chi connectivity index (χ1) is 14.8. The zero-order valence-corrected chi connectivity index (χ0v) is 18.3. The average Bonchev–Trinajstić information content (AvgIpc) is 3.13. The molecule has 0 spiro atoms. The number of hydrogen-bond donors (Lipinski definition) is 4. The van der Waals surface area contributed by atoms with Gasteiger partial charge in [-0.2, -0.15) is 0 Å². The number of ether oxygens (including phenoxy) is 4. The number of aliphatic hydroxyl groups is 3. The molecule has 2 heterocycles. The van der Waals surface area contributed by atoms with Crippen molar-refractivity contribution >= 4 is 5.91 Å². The third-order valence-corrected chi connectivity index (χ3v) is 5.00. The number of hydrogen-bond acceptors (Lipinski definition) is 10. The van der Waals surface area contributed by atoms with Crippen LogP contribution in [0.2, 0.25) is 0 Å². The molecule has 5 unspecified atom stereocenters. The highest BCUT2D eigenvalue weighted by Crippen LogP contribution is 2.35. The molecular formula is C19H34N4O8. The fraction of sp³-hybridized carbons (Fsp3) is 0.842. The second kappa shape index (κ2) is 12.4. The van der Waals surface area contributed by atoms with Gasteiger partial charge in [0.15, 0.2) is 12.0 Å². The van der Waals surface area contributed by atoms with Gasteiger partial charge in [-0.1, -0.05) is 12.1 Å². The number of carbonyl (C=O) groups excluding carboxylic acids is 1. The van der Waals surface area contributed by atoms with E-state index in [-0.39, 0.29) is 13.2 Å². The van der Waals surface area contributed by atoms with Crippen LogP contribution in [-0.4, -0.2) is 100 Å². The van der Waals surface area contributed by atoms with E-state index in [1.807, 2.05) is 13.1 Å². The summed E-state index contributed by atoms with van der Waals surface area (Å²) in [6, 6.07) is 0. The Hall–Kier alpha value is -1.67. The predicted octanol–water partition coefficient (Wildman–Crippen LogP) is -1.43. The molecule has 1 aliphatic heterocycles. The topological polar surface area (TPSA) is 157 Å². The van der Waals surface area contributed by atoms with E-state index < -0.39 is 42.7 Å². The van der Waals surface area contributed by atoms with Crippen LogP contribution in [0.3, 0.4) is 0 Å². The lowest BCUT2D eigenvalue weighted by atomic mass is 9.82. The molecule has 1 aromatic heterocycles. The first kappa shape index (κ1) is 25.6. The maximum absolute atomic E-state index is 11.5. The zero-order valence-electron chi connectivity index (χ0n) is 18.3. The first-order valence-electron chi connectivity index (χ1n) is 10.4. The molecule has 0 saturated carbocycles. The number of carbonyl (C=O) groups is 1. The van der Waals surface area contributed by atoms with E-state index in [1.165, 1.54) is 6.92 Å². The van der Waals surface area contributed by atoms with E-state index in [2.05, 4.69) is 15.6 Å². The number of aryl methyl sites for hydroxylation is 1. The lowest BCUT2D eigenvalue weighted by Crippen LogP contribution is -2.71. The predicted molar refractivity (Wildman–Crippen MR) is 107 cm³/mol. The van der Waals surface area contributed by atoms with Crippen LogP contribution in [0, 0.1) is 12.8 Å². The fourth-order valence-electron chi connectivity index (χ4n) is 3.51. The van der Waals surface area contributed by atoms with Crippen molar-refractivity contribution in [2.24, 2.45) is 5.92 Å². The third-order valence-electron chi connectivity index (χ3n) is 5.00. The molecule has 1 amide bonds. The lowest BCUT2D eigenvalue weighted by Gasteiger charge is -2.49. The van der Waals surface area contributed by atoms with Crippen LogP contribution in [-0.2, 0) is 30.3 Å². The molecule has 0 aliphatic carbocycles. The normalized spacial score (nSPS) is 28.6.